The van der Waals surface area contributed by atoms with Crippen LogP contribution >= 0.6 is 0 Å². The van der Waals surface area contributed by atoms with E-state index in [-0.39, 0.29) is 12.8 Å². The molecule has 2 aromatic carbocycles. The topological polar surface area (TPSA) is 112 Å². The van der Waals surface area contributed by atoms with E-state index in [9.17, 15) is 32.9 Å². The number of carbonyl (C=O) groups is 2. The third-order valence-corrected chi connectivity index (χ3v) is 4.45. The summed E-state index contributed by atoms with van der Waals surface area (Å²) in [7, 11) is 0. The third-order valence-electron chi connectivity index (χ3n) is 4.45. The maximum Gasteiger partial charge on any atom is 0.418 e. The Morgan fingerprint density at radius 1 is 1.06 bits per heavy atom. The summed E-state index contributed by atoms with van der Waals surface area (Å²) in [5, 5.41) is 12.7. The normalized spacial score (nSPS) is 11.1. The summed E-state index contributed by atoms with van der Waals surface area (Å²) in [6.45, 7) is -0.819. The monoisotopic (exact) mass is 462 g/mol. The van der Waals surface area contributed by atoms with E-state index in [1.807, 2.05) is 35.6 Å². The van der Waals surface area contributed by atoms with Crippen molar-refractivity contribution in [1.82, 2.24) is 0 Å². The highest BCUT2D eigenvalue weighted by molar-refractivity contribution is 5.93. The molecule has 0 radical (unpaired) electrons. The number of halogens is 3. The first-order chi connectivity index (χ1) is 15.6. The molecule has 0 spiro atoms. The number of furan rings is 1. The van der Waals surface area contributed by atoms with E-state index in [1.54, 1.807) is 12.1 Å². The van der Waals surface area contributed by atoms with Crippen LogP contribution < -0.4 is 5.32 Å². The molecule has 0 bridgehead atoms. The molecular formula is C22H17F3N2O6. The predicted molar refractivity (Wildman–Crippen MR) is 110 cm³/mol. The molecule has 8 nitrogen and oxygen atoms in total. The number of non-ortho nitro benzene ring substituents is 1. The molecule has 0 unspecified atom stereocenters. The van der Waals surface area contributed by atoms with Gasteiger partial charge in [0.1, 0.15) is 11.5 Å². The van der Waals surface area contributed by atoms with Crippen LogP contribution in [0.2, 0.25) is 0 Å². The molecule has 0 saturated heterocycles. The number of hydrogen-bond donors (Lipinski definition) is 1. The van der Waals surface area contributed by atoms with Gasteiger partial charge in [0.25, 0.3) is 11.6 Å². The summed E-state index contributed by atoms with van der Waals surface area (Å²) in [4.78, 5) is 33.6. The second-order valence-electron chi connectivity index (χ2n) is 6.83. The van der Waals surface area contributed by atoms with Crippen molar-refractivity contribution in [3.63, 3.8) is 0 Å². The number of nitro groups is 1. The lowest BCUT2D eigenvalue weighted by atomic mass is 10.1. The molecule has 0 aliphatic rings. The van der Waals surface area contributed by atoms with E-state index in [4.69, 9.17) is 9.15 Å². The van der Waals surface area contributed by atoms with Gasteiger partial charge in [-0.25, -0.2) is 0 Å². The fourth-order valence-electron chi connectivity index (χ4n) is 2.89. The van der Waals surface area contributed by atoms with Crippen LogP contribution in [0.25, 0.3) is 11.3 Å². The predicted octanol–water partition coefficient (Wildman–Crippen LogP) is 4.99. The van der Waals surface area contributed by atoms with Gasteiger partial charge in [-0.2, -0.15) is 13.2 Å². The summed E-state index contributed by atoms with van der Waals surface area (Å²) in [6.07, 6.45) is -4.85. The van der Waals surface area contributed by atoms with Crippen molar-refractivity contribution in [1.29, 1.82) is 0 Å². The highest BCUT2D eigenvalue weighted by Crippen LogP contribution is 2.37. The third kappa shape index (κ3) is 6.42. The number of hydrogen-bond acceptors (Lipinski definition) is 6. The zero-order chi connectivity index (χ0) is 24.0. The van der Waals surface area contributed by atoms with Crippen LogP contribution in [0.1, 0.15) is 17.7 Å². The molecule has 3 rings (SSSR count). The zero-order valence-electron chi connectivity index (χ0n) is 16.9. The van der Waals surface area contributed by atoms with Crippen LogP contribution in [0.4, 0.5) is 24.5 Å². The Bertz CT molecular complexity index is 1160. The fourth-order valence-corrected chi connectivity index (χ4v) is 2.89. The number of rotatable bonds is 8. The molecule has 3 aromatic rings. The highest BCUT2D eigenvalue weighted by atomic mass is 19.4. The molecule has 0 atom stereocenters. The van der Waals surface area contributed by atoms with Gasteiger partial charge in [-0.05, 0) is 18.2 Å². The molecule has 1 amide bonds. The first-order valence-corrected chi connectivity index (χ1v) is 9.59. The number of nitro benzene ring substituents is 1. The lowest BCUT2D eigenvalue weighted by molar-refractivity contribution is -0.385. The Balaban J connectivity index is 1.52. The van der Waals surface area contributed by atoms with Gasteiger partial charge in [0.2, 0.25) is 0 Å². The van der Waals surface area contributed by atoms with E-state index < -0.39 is 46.5 Å². The number of amides is 1. The highest BCUT2D eigenvalue weighted by Gasteiger charge is 2.35. The number of ether oxygens (including phenoxy) is 1. The van der Waals surface area contributed by atoms with Gasteiger partial charge >= 0.3 is 12.1 Å². The van der Waals surface area contributed by atoms with Crippen molar-refractivity contribution < 1.29 is 36.8 Å². The van der Waals surface area contributed by atoms with Crippen molar-refractivity contribution in [2.45, 2.75) is 19.0 Å². The fraction of sp³-hybridized carbons (Fsp3) is 0.182. The molecule has 0 aliphatic carbocycles. The second kappa shape index (κ2) is 9.98. The SMILES string of the molecule is O=C(COC(=O)CCc1ccc(-c2ccccc2)o1)Nc1ccc([N+](=O)[O-])cc1C(F)(F)F. The number of anilines is 1. The second-order valence-corrected chi connectivity index (χ2v) is 6.83. The Kier molecular flexibility index (Phi) is 7.11. The lowest BCUT2D eigenvalue weighted by Crippen LogP contribution is -2.23. The molecule has 0 fully saturated rings. The van der Waals surface area contributed by atoms with Gasteiger partial charge in [0.05, 0.1) is 22.6 Å². The van der Waals surface area contributed by atoms with Crippen LogP contribution in [-0.2, 0) is 26.9 Å². The van der Waals surface area contributed by atoms with Crippen LogP contribution in [0.3, 0.4) is 0 Å². The molecular weight excluding hydrogens is 445 g/mol. The first kappa shape index (κ1) is 23.5. The average molecular weight is 462 g/mol. The van der Waals surface area contributed by atoms with Gasteiger partial charge in [0, 0.05) is 24.1 Å². The molecule has 0 aliphatic heterocycles. The van der Waals surface area contributed by atoms with E-state index in [2.05, 4.69) is 0 Å². The summed E-state index contributed by atoms with van der Waals surface area (Å²) < 4.78 is 49.9. The molecule has 1 heterocycles. The summed E-state index contributed by atoms with van der Waals surface area (Å²) >= 11 is 0. The van der Waals surface area contributed by atoms with Crippen LogP contribution in [0, 0.1) is 10.1 Å². The van der Waals surface area contributed by atoms with Gasteiger partial charge in [0.15, 0.2) is 6.61 Å². The lowest BCUT2D eigenvalue weighted by Gasteiger charge is -2.13. The molecule has 0 saturated carbocycles. The maximum atomic E-state index is 13.2. The van der Waals surface area contributed by atoms with E-state index in [1.165, 1.54) is 0 Å². The van der Waals surface area contributed by atoms with Crippen LogP contribution in [0.15, 0.2) is 65.1 Å². The Labute approximate surface area is 185 Å². The minimum atomic E-state index is -4.94. The summed E-state index contributed by atoms with van der Waals surface area (Å²) in [5.74, 6) is -0.618. The van der Waals surface area contributed by atoms with Crippen LogP contribution in [0.5, 0.6) is 0 Å². The Morgan fingerprint density at radius 2 is 1.79 bits per heavy atom. The van der Waals surface area contributed by atoms with E-state index in [0.717, 1.165) is 17.7 Å². The van der Waals surface area contributed by atoms with Crippen LogP contribution in [-0.4, -0.2) is 23.4 Å². The molecule has 1 N–H and O–H groups in total. The summed E-state index contributed by atoms with van der Waals surface area (Å²) in [5.41, 5.74) is -1.98. The smallest absolute Gasteiger partial charge is 0.418 e. The van der Waals surface area contributed by atoms with Crippen molar-refractivity contribution in [2.24, 2.45) is 0 Å². The number of benzene rings is 2. The number of aryl methyl sites for hydroxylation is 1. The van der Waals surface area contributed by atoms with Crippen molar-refractivity contribution in [2.75, 3.05) is 11.9 Å². The van der Waals surface area contributed by atoms with Crippen molar-refractivity contribution in [3.05, 3.63) is 82.1 Å². The number of alkyl halides is 3. The standard InChI is InChI=1S/C22H17F3N2O6/c23-22(24,25)17-12-15(27(30)31)6-9-18(17)26-20(28)13-32-21(29)11-8-16-7-10-19(33-16)14-4-2-1-3-5-14/h1-7,9-10,12H,8,11,13H2,(H,26,28). The quantitative estimate of drug-likeness (QED) is 0.287. The van der Waals surface area contributed by atoms with Crippen molar-refractivity contribution >= 4 is 23.3 Å². The first-order valence-electron chi connectivity index (χ1n) is 9.59. The average Bonchev–Trinajstić information content (AvgIpc) is 3.25. The molecule has 33 heavy (non-hydrogen) atoms. The molecule has 1 aromatic heterocycles. The minimum Gasteiger partial charge on any atom is -0.461 e. The van der Waals surface area contributed by atoms with Gasteiger partial charge < -0.3 is 14.5 Å². The molecule has 11 heteroatoms. The Hall–Kier alpha value is -4.15. The Morgan fingerprint density at radius 3 is 2.45 bits per heavy atom. The number of carbonyl (C=O) groups excluding carboxylic acids is 2. The number of nitrogens with zero attached hydrogens (tertiary/aromatic N) is 1. The van der Waals surface area contributed by atoms with Gasteiger partial charge in [-0.3, -0.25) is 19.7 Å². The largest absolute Gasteiger partial charge is 0.461 e. The van der Waals surface area contributed by atoms with Gasteiger partial charge in [-0.1, -0.05) is 30.3 Å². The minimum absolute atomic E-state index is 0.111. The van der Waals surface area contributed by atoms with E-state index >= 15 is 0 Å². The summed E-state index contributed by atoms with van der Waals surface area (Å²) in [6, 6.07) is 14.7. The molecule has 172 valence electrons. The zero-order valence-corrected chi connectivity index (χ0v) is 16.9. The van der Waals surface area contributed by atoms with Gasteiger partial charge in [-0.15, -0.1) is 0 Å². The van der Waals surface area contributed by atoms with E-state index in [0.29, 0.717) is 17.6 Å². The number of nitrogens with one attached hydrogen (secondary N) is 1. The maximum absolute atomic E-state index is 13.2. The van der Waals surface area contributed by atoms with Crippen molar-refractivity contribution in [3.8, 4) is 11.3 Å². The number of esters is 1.